The van der Waals surface area contributed by atoms with E-state index in [1.807, 2.05) is 55.8 Å². The highest BCUT2D eigenvalue weighted by atomic mass is 16.5. The number of hydrogen-bond acceptors (Lipinski definition) is 4. The van der Waals surface area contributed by atoms with E-state index in [2.05, 4.69) is 10.1 Å². The maximum atomic E-state index is 5.81. The van der Waals surface area contributed by atoms with Crippen molar-refractivity contribution in [3.63, 3.8) is 0 Å². The second-order valence-electron chi connectivity index (χ2n) is 4.81. The Morgan fingerprint density at radius 1 is 1.19 bits per heavy atom. The molecule has 0 amide bonds. The van der Waals surface area contributed by atoms with Crippen LogP contribution in [0.1, 0.15) is 5.56 Å². The Balaban J connectivity index is 1.74. The summed E-state index contributed by atoms with van der Waals surface area (Å²) >= 11 is 0. The summed E-state index contributed by atoms with van der Waals surface area (Å²) < 4.78 is 7.59. The topological polar surface area (TPSA) is 66.0 Å². The van der Waals surface area contributed by atoms with Gasteiger partial charge >= 0.3 is 0 Å². The Kier molecular flexibility index (Phi) is 3.55. The highest BCUT2D eigenvalue weighted by Gasteiger charge is 2.03. The third-order valence-corrected chi connectivity index (χ3v) is 3.12. The van der Waals surface area contributed by atoms with E-state index in [0.29, 0.717) is 12.4 Å². The molecule has 2 aromatic heterocycles. The summed E-state index contributed by atoms with van der Waals surface area (Å²) in [5, 5.41) is 4.18. The van der Waals surface area contributed by atoms with Crippen molar-refractivity contribution in [3.05, 3.63) is 60.6 Å². The molecule has 21 heavy (non-hydrogen) atoms. The lowest BCUT2D eigenvalue weighted by Gasteiger charge is -2.08. The van der Waals surface area contributed by atoms with Crippen molar-refractivity contribution in [2.45, 2.75) is 6.61 Å². The van der Waals surface area contributed by atoms with Crippen LogP contribution in [-0.2, 0) is 13.7 Å². The monoisotopic (exact) mass is 280 g/mol. The summed E-state index contributed by atoms with van der Waals surface area (Å²) in [4.78, 5) is 3.96. The average Bonchev–Trinajstić information content (AvgIpc) is 2.92. The summed E-state index contributed by atoms with van der Waals surface area (Å²) in [6.45, 7) is 0.462. The molecule has 0 saturated carbocycles. The fraction of sp³-hybridized carbons (Fsp3) is 0.125. The van der Waals surface area contributed by atoms with Gasteiger partial charge in [0, 0.05) is 25.0 Å². The van der Waals surface area contributed by atoms with Crippen LogP contribution in [-0.4, -0.2) is 14.8 Å². The quantitative estimate of drug-likeness (QED) is 0.798. The molecule has 0 atom stereocenters. The third kappa shape index (κ3) is 3.20. The van der Waals surface area contributed by atoms with Crippen LogP contribution in [0.2, 0.25) is 0 Å². The van der Waals surface area contributed by atoms with Crippen LogP contribution in [0.25, 0.3) is 11.1 Å². The molecule has 0 aliphatic rings. The van der Waals surface area contributed by atoms with Gasteiger partial charge in [0.25, 0.3) is 0 Å². The lowest BCUT2D eigenvalue weighted by atomic mass is 10.1. The van der Waals surface area contributed by atoms with E-state index in [1.165, 1.54) is 0 Å². The van der Waals surface area contributed by atoms with Crippen LogP contribution in [0.3, 0.4) is 0 Å². The zero-order chi connectivity index (χ0) is 14.7. The van der Waals surface area contributed by atoms with Gasteiger partial charge in [0.15, 0.2) is 0 Å². The van der Waals surface area contributed by atoms with Crippen molar-refractivity contribution < 1.29 is 4.74 Å². The summed E-state index contributed by atoms with van der Waals surface area (Å²) in [5.41, 5.74) is 8.79. The smallest absolute Gasteiger partial charge is 0.123 e. The molecule has 0 unspecified atom stereocenters. The zero-order valence-corrected chi connectivity index (χ0v) is 11.7. The molecule has 2 N–H and O–H groups in total. The van der Waals surface area contributed by atoms with Crippen LogP contribution < -0.4 is 10.5 Å². The highest BCUT2D eigenvalue weighted by molar-refractivity contribution is 5.63. The SMILES string of the molecule is Cn1cc(-c2cccc(OCc3ccnc(N)c3)c2)cn1. The molecule has 3 rings (SSSR count). The van der Waals surface area contributed by atoms with Gasteiger partial charge in [-0.15, -0.1) is 0 Å². The van der Waals surface area contributed by atoms with Gasteiger partial charge < -0.3 is 10.5 Å². The van der Waals surface area contributed by atoms with Gasteiger partial charge in [-0.05, 0) is 35.4 Å². The molecule has 5 heteroatoms. The largest absolute Gasteiger partial charge is 0.489 e. The number of aryl methyl sites for hydroxylation is 1. The molecule has 0 bridgehead atoms. The molecule has 0 spiro atoms. The van der Waals surface area contributed by atoms with Gasteiger partial charge in [-0.3, -0.25) is 4.68 Å². The van der Waals surface area contributed by atoms with Gasteiger partial charge in [-0.25, -0.2) is 4.98 Å². The van der Waals surface area contributed by atoms with Crippen LogP contribution in [0.5, 0.6) is 5.75 Å². The maximum absolute atomic E-state index is 5.81. The zero-order valence-electron chi connectivity index (χ0n) is 11.7. The fourth-order valence-electron chi connectivity index (χ4n) is 2.09. The molecule has 3 aromatic rings. The van der Waals surface area contributed by atoms with Gasteiger partial charge in [0.1, 0.15) is 18.2 Å². The van der Waals surface area contributed by atoms with Gasteiger partial charge in [-0.1, -0.05) is 12.1 Å². The number of anilines is 1. The van der Waals surface area contributed by atoms with Gasteiger partial charge in [-0.2, -0.15) is 5.10 Å². The van der Waals surface area contributed by atoms with Crippen molar-refractivity contribution in [3.8, 4) is 16.9 Å². The number of nitrogens with two attached hydrogens (primary N) is 1. The number of nitrogen functional groups attached to an aromatic ring is 1. The third-order valence-electron chi connectivity index (χ3n) is 3.12. The molecule has 0 saturated heterocycles. The van der Waals surface area contributed by atoms with Gasteiger partial charge in [0.05, 0.1) is 6.20 Å². The Labute approximate surface area is 123 Å². The molecular weight excluding hydrogens is 264 g/mol. The predicted molar refractivity (Wildman–Crippen MR) is 81.6 cm³/mol. The summed E-state index contributed by atoms with van der Waals surface area (Å²) in [7, 11) is 1.90. The second kappa shape index (κ2) is 5.66. The van der Waals surface area contributed by atoms with Crippen molar-refractivity contribution in [1.82, 2.24) is 14.8 Å². The van der Waals surface area contributed by atoms with E-state index in [-0.39, 0.29) is 0 Å². The number of benzene rings is 1. The first kappa shape index (κ1) is 13.2. The first-order valence-corrected chi connectivity index (χ1v) is 6.63. The predicted octanol–water partition coefficient (Wildman–Crippen LogP) is 2.64. The molecule has 0 fully saturated rings. The average molecular weight is 280 g/mol. The molecule has 0 aliphatic heterocycles. The number of hydrogen-bond donors (Lipinski definition) is 1. The Bertz CT molecular complexity index is 751. The standard InChI is InChI=1S/C16H16N4O/c1-20-10-14(9-19-20)13-3-2-4-15(8-13)21-11-12-5-6-18-16(17)7-12/h2-10H,11H2,1H3,(H2,17,18). The minimum atomic E-state index is 0.462. The molecular formula is C16H16N4O. The van der Waals surface area contributed by atoms with Crippen molar-refractivity contribution in [1.29, 1.82) is 0 Å². The number of pyridine rings is 1. The Morgan fingerprint density at radius 2 is 2.10 bits per heavy atom. The second-order valence-corrected chi connectivity index (χ2v) is 4.81. The Hall–Kier alpha value is -2.82. The summed E-state index contributed by atoms with van der Waals surface area (Å²) in [6.07, 6.45) is 5.49. The lowest BCUT2D eigenvalue weighted by molar-refractivity contribution is 0.306. The first-order chi connectivity index (χ1) is 10.2. The van der Waals surface area contributed by atoms with Crippen LogP contribution in [0, 0.1) is 0 Å². The lowest BCUT2D eigenvalue weighted by Crippen LogP contribution is -1.98. The number of aromatic nitrogens is 3. The van der Waals surface area contributed by atoms with Crippen molar-refractivity contribution in [2.75, 3.05) is 5.73 Å². The molecule has 5 nitrogen and oxygen atoms in total. The van der Waals surface area contributed by atoms with Crippen LogP contribution >= 0.6 is 0 Å². The fourth-order valence-corrected chi connectivity index (χ4v) is 2.09. The number of ether oxygens (including phenoxy) is 1. The van der Waals surface area contributed by atoms with Crippen LogP contribution in [0.15, 0.2) is 55.0 Å². The molecule has 2 heterocycles. The molecule has 1 aromatic carbocycles. The summed E-state index contributed by atoms with van der Waals surface area (Å²) in [5.74, 6) is 1.31. The maximum Gasteiger partial charge on any atom is 0.123 e. The van der Waals surface area contributed by atoms with E-state index >= 15 is 0 Å². The minimum absolute atomic E-state index is 0.462. The minimum Gasteiger partial charge on any atom is -0.489 e. The summed E-state index contributed by atoms with van der Waals surface area (Å²) in [6, 6.07) is 11.6. The van der Waals surface area contributed by atoms with E-state index < -0.39 is 0 Å². The van der Waals surface area contributed by atoms with E-state index in [9.17, 15) is 0 Å². The van der Waals surface area contributed by atoms with Crippen molar-refractivity contribution in [2.24, 2.45) is 7.05 Å². The molecule has 0 aliphatic carbocycles. The number of rotatable bonds is 4. The molecule has 0 radical (unpaired) electrons. The van der Waals surface area contributed by atoms with E-state index in [0.717, 1.165) is 22.4 Å². The van der Waals surface area contributed by atoms with Crippen molar-refractivity contribution >= 4 is 5.82 Å². The highest BCUT2D eigenvalue weighted by Crippen LogP contribution is 2.23. The van der Waals surface area contributed by atoms with Gasteiger partial charge in [0.2, 0.25) is 0 Å². The van der Waals surface area contributed by atoms with E-state index in [1.54, 1.807) is 10.9 Å². The van der Waals surface area contributed by atoms with E-state index in [4.69, 9.17) is 10.5 Å². The normalized spacial score (nSPS) is 10.5. The van der Waals surface area contributed by atoms with Crippen LogP contribution in [0.4, 0.5) is 5.82 Å². The number of nitrogens with zero attached hydrogens (tertiary/aromatic N) is 3. The Morgan fingerprint density at radius 3 is 2.86 bits per heavy atom. The first-order valence-electron chi connectivity index (χ1n) is 6.63. The molecule has 106 valence electrons.